The number of benzene rings is 3. The molecule has 24 rings (SSSR count). The van der Waals surface area contributed by atoms with Crippen molar-refractivity contribution in [3.63, 3.8) is 0 Å². The standard InChI is InChI=1S/C30H26ClFN7O9P.C30H27ClN7O9P.C30H27FN7O10P/c1-2-30(16-8-18-21-14(7-13-5-3-4-6-17(13)35-21)9-38(18)26(41)15(16)10-45-28(30)42)48-49(43,44)46-11-19-23(40)20(32)27(47-19)39-12-34-22-24(33)36-29(31)37-25(22)39;1-2-30(47-48(42,43)45-12-21-20(39)9-22(46-21)38-13-33-24-25(32)35-29(31)36-26(24)38)17-8-19-23-15(7-14-5-3-4-6-18(14)34-23)10-37(19)27(40)16(17)11-44-28(30)41;1-2-30(16-8-18-20-14(7-13-5-3-4-6-17(13)34-20)9-37(18)26(41)15(16)10-45-28(30)42)48-49(43,44)46-11-19-22(39)23(40)27(47-19)38-12-33-21-24(32)35-29(31)36-25(21)38/h3-8,12,19-20,23,27,40H,2,9-11H2,1H3,(H,43,44)(H2,33,36,37);3-8,13,20-22,39H,2,9-12H2,1H3,(H,42,43)(H2,32,35,36);3-8,12,19,22-23,27,39-40H,2,9-11H2,1H3,(H,43,44)(H2,32,35,36)/t19-,20-,23-,27-,30+;20-,21+,22+,30-;19-,22-,23+,27-,30+/m101/s1. The highest BCUT2D eigenvalue weighted by Crippen LogP contribution is 2.59. The summed E-state index contributed by atoms with van der Waals surface area (Å²) in [5.41, 5.74) is 17.8. The molecular weight excluding hydrogens is 2020 g/mol. The Morgan fingerprint density at radius 3 is 1.20 bits per heavy atom. The summed E-state index contributed by atoms with van der Waals surface area (Å²) in [6.07, 6.45) is -14.0. The van der Waals surface area contributed by atoms with E-state index in [4.69, 9.17) is 111 Å². The minimum absolute atomic E-state index is 0.0158. The molecular formula is C90H80Cl2F2N21O28P3. The molecule has 0 aliphatic carbocycles. The van der Waals surface area contributed by atoms with Gasteiger partial charge in [0.15, 0.2) is 58.5 Å². The number of carbonyl (C=O) groups is 3. The molecule has 21 heterocycles. The zero-order valence-corrected chi connectivity index (χ0v) is 80.2. The number of ether oxygens (including phenoxy) is 6. The molecule has 0 radical (unpaired) electrons. The molecule has 3 aromatic carbocycles. The van der Waals surface area contributed by atoms with Crippen molar-refractivity contribution in [2.75, 3.05) is 37.0 Å². The van der Waals surface area contributed by atoms with Crippen LogP contribution in [0.15, 0.2) is 143 Å². The number of anilines is 3. The van der Waals surface area contributed by atoms with Gasteiger partial charge in [0.2, 0.25) is 27.4 Å². The van der Waals surface area contributed by atoms with Crippen molar-refractivity contribution in [1.82, 2.24) is 87.2 Å². The van der Waals surface area contributed by atoms with Gasteiger partial charge in [0, 0.05) is 56.0 Å². The number of aromatic nitrogens is 18. The van der Waals surface area contributed by atoms with Crippen LogP contribution in [-0.4, -0.2) is 209 Å². The van der Waals surface area contributed by atoms with E-state index in [9.17, 15) is 82.0 Å². The Kier molecular flexibility index (Phi) is 24.3. The molecule has 15 aromatic rings. The smallest absolute Gasteiger partial charge is 0.458 e. The van der Waals surface area contributed by atoms with E-state index in [1.165, 1.54) is 44.8 Å². The van der Waals surface area contributed by atoms with Crippen LogP contribution in [0.1, 0.15) is 115 Å². The van der Waals surface area contributed by atoms with Crippen LogP contribution >= 0.6 is 46.7 Å². The lowest BCUT2D eigenvalue weighted by Crippen LogP contribution is -2.46. The molecule has 146 heavy (non-hydrogen) atoms. The van der Waals surface area contributed by atoms with Crippen LogP contribution < -0.4 is 33.9 Å². The molecule has 3 fully saturated rings. The molecule has 9 aliphatic heterocycles. The molecule has 9 aliphatic rings. The number of carbonyl (C=O) groups excluding carboxylic acids is 3. The number of aliphatic hydroxyl groups excluding tert-OH is 4. The fourth-order valence-corrected chi connectivity index (χ4v) is 23.5. The van der Waals surface area contributed by atoms with Gasteiger partial charge in [-0.15, -0.1) is 0 Å². The second-order valence-electron chi connectivity index (χ2n) is 35.4. The van der Waals surface area contributed by atoms with Gasteiger partial charge >= 0.3 is 47.5 Å². The highest BCUT2D eigenvalue weighted by molar-refractivity contribution is 7.48. The number of hydrogen-bond acceptors (Lipinski definition) is 40. The average Bonchev–Trinajstić information content (AvgIpc) is 1.48. The van der Waals surface area contributed by atoms with Gasteiger partial charge in [-0.05, 0) is 97.1 Å². The number of cyclic esters (lactones) is 3. The monoisotopic (exact) mass is 2100 g/mol. The average molecular weight is 2110 g/mol. The number of hydrogen-bond donors (Lipinski definition) is 10. The summed E-state index contributed by atoms with van der Waals surface area (Å²) in [6, 6.07) is 33.0. The topological polar surface area (TPSA) is 668 Å². The molecule has 0 saturated carbocycles. The van der Waals surface area contributed by atoms with Crippen LogP contribution in [0.4, 0.5) is 26.2 Å². The van der Waals surface area contributed by atoms with Crippen molar-refractivity contribution in [3.8, 4) is 34.2 Å². The number of esters is 3. The van der Waals surface area contributed by atoms with Crippen LogP contribution in [0.25, 0.3) is 100 Å². The maximum atomic E-state index is 15.3. The molecule has 12 aromatic heterocycles. The zero-order chi connectivity index (χ0) is 102. The first-order chi connectivity index (χ1) is 69.8. The number of halogens is 4. The lowest BCUT2D eigenvalue weighted by Gasteiger charge is -2.36. The number of alkyl halides is 1. The lowest BCUT2D eigenvalue weighted by atomic mass is 9.86. The van der Waals surface area contributed by atoms with E-state index in [-0.39, 0.29) is 160 Å². The lowest BCUT2D eigenvalue weighted by molar-refractivity contribution is -0.171. The third-order valence-electron chi connectivity index (χ3n) is 27.1. The van der Waals surface area contributed by atoms with E-state index in [1.54, 1.807) is 25.1 Å². The summed E-state index contributed by atoms with van der Waals surface area (Å²) in [4.78, 5) is 164. The summed E-state index contributed by atoms with van der Waals surface area (Å²) < 4.78 is 144. The van der Waals surface area contributed by atoms with E-state index >= 15 is 4.39 Å². The number of nitrogens with two attached hydrogens (primary N) is 3. The molecule has 13 N–H and O–H groups in total. The van der Waals surface area contributed by atoms with E-state index in [2.05, 4.69) is 44.9 Å². The molecule has 3 unspecified atom stereocenters. The number of nitrogen functional groups attached to an aromatic ring is 3. The zero-order valence-electron chi connectivity index (χ0n) is 76.0. The maximum Gasteiger partial charge on any atom is 0.473 e. The largest absolute Gasteiger partial charge is 0.473 e. The van der Waals surface area contributed by atoms with E-state index in [0.717, 1.165) is 53.8 Å². The molecule has 0 spiro atoms. The Balaban J connectivity index is 0.000000125. The predicted octanol–water partition coefficient (Wildman–Crippen LogP) is 7.24. The Morgan fingerprint density at radius 1 is 0.445 bits per heavy atom. The van der Waals surface area contributed by atoms with E-state index in [0.29, 0.717) is 45.2 Å². The van der Waals surface area contributed by atoms with Crippen LogP contribution in [-0.2, 0) is 140 Å². The Bertz CT molecular complexity index is 8120. The molecule has 17 atom stereocenters. The summed E-state index contributed by atoms with van der Waals surface area (Å²) in [5, 5.41) is 45.2. The first-order valence-corrected chi connectivity index (χ1v) is 50.4. The fourth-order valence-electron chi connectivity index (χ4n) is 19.9. The quantitative estimate of drug-likeness (QED) is 0.0147. The van der Waals surface area contributed by atoms with Gasteiger partial charge in [0.1, 0.15) is 73.7 Å². The van der Waals surface area contributed by atoms with Crippen LogP contribution in [0.5, 0.6) is 0 Å². The number of phosphoric ester groups is 3. The number of fused-ring (bicyclic) bond motifs is 18. The highest BCUT2D eigenvalue weighted by atomic mass is 35.5. The Morgan fingerprint density at radius 2 is 0.795 bits per heavy atom. The van der Waals surface area contributed by atoms with Gasteiger partial charge in [-0.1, -0.05) is 75.4 Å². The third kappa shape index (κ3) is 16.3. The molecule has 0 amide bonds. The third-order valence-corrected chi connectivity index (χ3v) is 30.5. The summed E-state index contributed by atoms with van der Waals surface area (Å²) >= 11 is 11.9. The van der Waals surface area contributed by atoms with E-state index < -0.39 is 168 Å². The van der Waals surface area contributed by atoms with Crippen LogP contribution in [0.2, 0.25) is 10.6 Å². The van der Waals surface area contributed by atoms with Gasteiger partial charge in [0.25, 0.3) is 16.7 Å². The summed E-state index contributed by atoms with van der Waals surface area (Å²) in [7, 11) is -15.5. The SMILES string of the molecule is CC[C@@]1(OP(=O)(O)OC[C@H]2O[C@@H](n3cnc4c(N)nc(Cl)nc43)C[C@@H]2O)C(=O)OCc2c1cc1n(c2=O)Cc2cc3ccccc3nc2-1.CC[C@@]1(OP(=O)(O)OC[C@H]2O[C@@H](n3cnc4c(N)nc(Cl)nc43)[C@H](F)[C@@H]2O)C(=O)OCc2c1cc1n(c2=O)Cc2cc3ccccc3nc2-1.CC[C@@]1(OP(=O)(O)OC[C@H]2O[C@@H](n3cnc4c(N)nc(F)nc43)[C@@H](O)[C@@H]2O)C(=O)OCc2c1cc1n(c2=O)Cc2cc3ccccc3nc2-1. The minimum atomic E-state index is -5.21. The summed E-state index contributed by atoms with van der Waals surface area (Å²) in [6.45, 7) is 1.97. The van der Waals surface area contributed by atoms with Crippen molar-refractivity contribution in [3.05, 3.63) is 226 Å². The van der Waals surface area contributed by atoms with Crippen molar-refractivity contribution in [2.45, 2.75) is 170 Å². The van der Waals surface area contributed by atoms with Crippen molar-refractivity contribution in [2.24, 2.45) is 0 Å². The first kappa shape index (κ1) is 97.4. The molecule has 49 nitrogen and oxygen atoms in total. The number of para-hydroxylation sites is 3. The van der Waals surface area contributed by atoms with Gasteiger partial charge in [-0.25, -0.2) is 62.4 Å². The van der Waals surface area contributed by atoms with Gasteiger partial charge in [0.05, 0.1) is 132 Å². The Hall–Kier alpha value is -13.3. The van der Waals surface area contributed by atoms with Gasteiger partial charge in [-0.2, -0.15) is 34.3 Å². The number of pyridine rings is 6. The molecule has 56 heteroatoms. The van der Waals surface area contributed by atoms with Crippen LogP contribution in [0, 0.1) is 6.08 Å². The van der Waals surface area contributed by atoms with Gasteiger partial charge < -0.3 is 94.4 Å². The number of rotatable bonds is 21. The number of nitrogens with zero attached hydrogens (tertiary/aromatic N) is 18. The maximum absolute atomic E-state index is 15.3. The highest BCUT2D eigenvalue weighted by Gasteiger charge is 2.58. The van der Waals surface area contributed by atoms with Crippen molar-refractivity contribution in [1.29, 1.82) is 0 Å². The van der Waals surface area contributed by atoms with E-state index in [1.807, 2.05) is 91.0 Å². The molecule has 0 bridgehead atoms. The number of phosphoric acid groups is 3. The minimum Gasteiger partial charge on any atom is -0.458 e. The first-order valence-electron chi connectivity index (χ1n) is 45.1. The number of imidazole rings is 3. The Labute approximate surface area is 826 Å². The van der Waals surface area contributed by atoms with Crippen molar-refractivity contribution < 1.29 is 128 Å². The predicted molar refractivity (Wildman–Crippen MR) is 502 cm³/mol. The summed E-state index contributed by atoms with van der Waals surface area (Å²) in [5.74, 6) is -3.23. The molecule has 3 saturated heterocycles. The normalized spacial score (nSPS) is 25.2. The molecule has 756 valence electrons. The fraction of sp³-hybridized carbons (Fsp3) is 0.333. The van der Waals surface area contributed by atoms with Crippen LogP contribution in [0.3, 0.4) is 0 Å². The van der Waals surface area contributed by atoms with Crippen molar-refractivity contribution >= 4 is 148 Å². The second-order valence-corrected chi connectivity index (χ2v) is 40.2. The van der Waals surface area contributed by atoms with Gasteiger partial charge in [-0.3, -0.25) is 55.2 Å². The number of aliphatic hydroxyl groups is 4. The second kappa shape index (κ2) is 36.4.